The highest BCUT2D eigenvalue weighted by Gasteiger charge is 2.45. The molecule has 3 aliphatic rings. The average Bonchev–Trinajstić information content (AvgIpc) is 3.16. The third-order valence-electron chi connectivity index (χ3n) is 5.53. The molecule has 1 heterocycles. The molecule has 5 atom stereocenters. The summed E-state index contributed by atoms with van der Waals surface area (Å²) in [6.45, 7) is 3.10. The van der Waals surface area contributed by atoms with Crippen LogP contribution in [0.25, 0.3) is 0 Å². The van der Waals surface area contributed by atoms with Crippen LogP contribution < -0.4 is 0 Å². The van der Waals surface area contributed by atoms with Gasteiger partial charge in [-0.25, -0.2) is 0 Å². The van der Waals surface area contributed by atoms with Crippen LogP contribution in [0.2, 0.25) is 0 Å². The number of rotatable bonds is 2. The van der Waals surface area contributed by atoms with Gasteiger partial charge in [0.15, 0.2) is 0 Å². The van der Waals surface area contributed by atoms with Gasteiger partial charge in [-0.1, -0.05) is 19.8 Å². The number of hydrogen-bond donors (Lipinski definition) is 1. The molecule has 3 nitrogen and oxygen atoms in total. The zero-order valence-electron chi connectivity index (χ0n) is 12.1. The molecule has 0 bridgehead atoms. The molecule has 5 unspecified atom stereocenters. The molecule has 0 aromatic carbocycles. The van der Waals surface area contributed by atoms with Crippen molar-refractivity contribution in [3.8, 4) is 0 Å². The first-order valence-corrected chi connectivity index (χ1v) is 8.17. The van der Waals surface area contributed by atoms with Crippen molar-refractivity contribution in [1.82, 2.24) is 4.90 Å². The maximum Gasteiger partial charge on any atom is 0.226 e. The molecule has 0 radical (unpaired) electrons. The van der Waals surface area contributed by atoms with Crippen molar-refractivity contribution in [3.63, 3.8) is 0 Å². The number of aliphatic hydroxyl groups is 1. The molecular formula is C16H27NO2. The lowest BCUT2D eigenvalue weighted by atomic mass is 9.78. The number of amides is 1. The van der Waals surface area contributed by atoms with Crippen LogP contribution in [0.3, 0.4) is 0 Å². The van der Waals surface area contributed by atoms with Gasteiger partial charge in [0, 0.05) is 24.4 Å². The van der Waals surface area contributed by atoms with E-state index < -0.39 is 0 Å². The standard InChI is InChI=1S/C16H27NO2/c1-11-10-13(11)16(19)17-9-5-4-7-14(17)12-6-2-3-8-15(12)18/h11-15,18H,2-10H2,1H3. The molecule has 3 fully saturated rings. The topological polar surface area (TPSA) is 40.5 Å². The highest BCUT2D eigenvalue weighted by Crippen LogP contribution is 2.42. The van der Waals surface area contributed by atoms with Gasteiger partial charge in [0.1, 0.15) is 0 Å². The molecule has 1 N–H and O–H groups in total. The number of carbonyl (C=O) groups is 1. The molecule has 1 aliphatic heterocycles. The van der Waals surface area contributed by atoms with Crippen molar-refractivity contribution < 1.29 is 9.90 Å². The van der Waals surface area contributed by atoms with E-state index in [-0.39, 0.29) is 6.10 Å². The molecule has 2 aliphatic carbocycles. The Kier molecular flexibility index (Phi) is 3.84. The third-order valence-corrected chi connectivity index (χ3v) is 5.53. The Hall–Kier alpha value is -0.570. The van der Waals surface area contributed by atoms with Crippen molar-refractivity contribution in [2.24, 2.45) is 17.8 Å². The van der Waals surface area contributed by atoms with E-state index in [1.54, 1.807) is 0 Å². The van der Waals surface area contributed by atoms with Crippen LogP contribution in [-0.2, 0) is 4.79 Å². The number of piperidine rings is 1. The van der Waals surface area contributed by atoms with Crippen LogP contribution in [0.15, 0.2) is 0 Å². The minimum absolute atomic E-state index is 0.177. The van der Waals surface area contributed by atoms with Gasteiger partial charge in [0.2, 0.25) is 5.91 Å². The van der Waals surface area contributed by atoms with Crippen LogP contribution in [0.5, 0.6) is 0 Å². The van der Waals surface area contributed by atoms with Crippen molar-refractivity contribution in [1.29, 1.82) is 0 Å². The fourth-order valence-corrected chi connectivity index (χ4v) is 4.14. The van der Waals surface area contributed by atoms with Crippen molar-refractivity contribution in [2.75, 3.05) is 6.54 Å². The van der Waals surface area contributed by atoms with E-state index in [4.69, 9.17) is 0 Å². The molecule has 19 heavy (non-hydrogen) atoms. The fraction of sp³-hybridized carbons (Fsp3) is 0.938. The Morgan fingerprint density at radius 2 is 1.79 bits per heavy atom. The summed E-state index contributed by atoms with van der Waals surface area (Å²) in [4.78, 5) is 14.7. The van der Waals surface area contributed by atoms with Crippen LogP contribution in [0, 0.1) is 17.8 Å². The monoisotopic (exact) mass is 265 g/mol. The molecule has 108 valence electrons. The Labute approximate surface area is 116 Å². The third kappa shape index (κ3) is 2.67. The van der Waals surface area contributed by atoms with E-state index in [2.05, 4.69) is 11.8 Å². The van der Waals surface area contributed by atoms with E-state index in [0.29, 0.717) is 29.7 Å². The van der Waals surface area contributed by atoms with Gasteiger partial charge in [-0.3, -0.25) is 4.79 Å². The minimum atomic E-state index is -0.177. The summed E-state index contributed by atoms with van der Waals surface area (Å²) in [6.07, 6.45) is 8.79. The smallest absolute Gasteiger partial charge is 0.226 e. The summed E-state index contributed by atoms with van der Waals surface area (Å²) in [5.74, 6) is 1.61. The second-order valence-electron chi connectivity index (χ2n) is 6.93. The second kappa shape index (κ2) is 5.43. The van der Waals surface area contributed by atoms with Gasteiger partial charge in [-0.05, 0) is 44.4 Å². The first-order valence-electron chi connectivity index (χ1n) is 8.17. The fourth-order valence-electron chi connectivity index (χ4n) is 4.14. The molecule has 2 saturated carbocycles. The highest BCUT2D eigenvalue weighted by atomic mass is 16.3. The molecule has 3 rings (SSSR count). The molecule has 3 heteroatoms. The summed E-state index contributed by atoms with van der Waals surface area (Å²) >= 11 is 0. The number of hydrogen-bond acceptors (Lipinski definition) is 2. The van der Waals surface area contributed by atoms with E-state index in [0.717, 1.165) is 45.1 Å². The number of likely N-dealkylation sites (tertiary alicyclic amines) is 1. The maximum absolute atomic E-state index is 12.6. The molecule has 0 aromatic heterocycles. The molecule has 0 spiro atoms. The Balaban J connectivity index is 1.71. The van der Waals surface area contributed by atoms with E-state index in [1.807, 2.05) is 0 Å². The Morgan fingerprint density at radius 1 is 1.11 bits per heavy atom. The minimum Gasteiger partial charge on any atom is -0.393 e. The first kappa shape index (κ1) is 13.4. The lowest BCUT2D eigenvalue weighted by Crippen LogP contribution is -2.51. The summed E-state index contributed by atoms with van der Waals surface area (Å²) < 4.78 is 0. The lowest BCUT2D eigenvalue weighted by Gasteiger charge is -2.44. The SMILES string of the molecule is CC1CC1C(=O)N1CCCCC1C1CCCCC1O. The van der Waals surface area contributed by atoms with Crippen molar-refractivity contribution >= 4 is 5.91 Å². The van der Waals surface area contributed by atoms with Gasteiger partial charge in [0.25, 0.3) is 0 Å². The summed E-state index contributed by atoms with van der Waals surface area (Å²) in [6, 6.07) is 0.323. The lowest BCUT2D eigenvalue weighted by molar-refractivity contribution is -0.140. The van der Waals surface area contributed by atoms with Crippen LogP contribution in [0.1, 0.15) is 58.3 Å². The van der Waals surface area contributed by atoms with E-state index in [9.17, 15) is 9.90 Å². The molecular weight excluding hydrogens is 238 g/mol. The van der Waals surface area contributed by atoms with Crippen molar-refractivity contribution in [2.45, 2.75) is 70.4 Å². The van der Waals surface area contributed by atoms with Crippen LogP contribution >= 0.6 is 0 Å². The van der Waals surface area contributed by atoms with Crippen LogP contribution in [-0.4, -0.2) is 34.6 Å². The van der Waals surface area contributed by atoms with Gasteiger partial charge in [-0.15, -0.1) is 0 Å². The quantitative estimate of drug-likeness (QED) is 0.833. The maximum atomic E-state index is 12.6. The summed E-state index contributed by atoms with van der Waals surface area (Å²) in [7, 11) is 0. The van der Waals surface area contributed by atoms with Gasteiger partial charge in [0.05, 0.1) is 6.10 Å². The zero-order valence-corrected chi connectivity index (χ0v) is 12.1. The molecule has 1 amide bonds. The normalized spacial score (nSPS) is 43.1. The highest BCUT2D eigenvalue weighted by molar-refractivity contribution is 5.82. The largest absolute Gasteiger partial charge is 0.393 e. The van der Waals surface area contributed by atoms with Gasteiger partial charge < -0.3 is 10.0 Å². The predicted molar refractivity (Wildman–Crippen MR) is 74.6 cm³/mol. The van der Waals surface area contributed by atoms with Crippen LogP contribution in [0.4, 0.5) is 0 Å². The summed E-state index contributed by atoms with van der Waals surface area (Å²) in [5.41, 5.74) is 0. The second-order valence-corrected chi connectivity index (χ2v) is 6.93. The number of nitrogens with zero attached hydrogens (tertiary/aromatic N) is 1. The Morgan fingerprint density at radius 3 is 2.47 bits per heavy atom. The average molecular weight is 265 g/mol. The van der Waals surface area contributed by atoms with Crippen molar-refractivity contribution in [3.05, 3.63) is 0 Å². The number of aliphatic hydroxyl groups excluding tert-OH is 1. The van der Waals surface area contributed by atoms with E-state index in [1.165, 1.54) is 12.8 Å². The van der Waals surface area contributed by atoms with E-state index >= 15 is 0 Å². The first-order chi connectivity index (χ1) is 9.18. The summed E-state index contributed by atoms with van der Waals surface area (Å²) in [5, 5.41) is 10.3. The predicted octanol–water partition coefficient (Wildman–Crippen LogP) is 2.57. The Bertz CT molecular complexity index is 344. The zero-order chi connectivity index (χ0) is 13.4. The molecule has 1 saturated heterocycles. The number of carbonyl (C=O) groups excluding carboxylic acids is 1. The van der Waals surface area contributed by atoms with Gasteiger partial charge >= 0.3 is 0 Å². The van der Waals surface area contributed by atoms with Gasteiger partial charge in [-0.2, -0.15) is 0 Å². The molecule has 0 aromatic rings.